The molecule has 3 atom stereocenters. The molecule has 2 aliphatic heterocycles. The van der Waals surface area contributed by atoms with Crippen molar-refractivity contribution in [2.75, 3.05) is 13.1 Å². The second-order valence-corrected chi connectivity index (χ2v) is 7.28. The molecule has 132 valence electrons. The molecule has 0 saturated carbocycles. The highest BCUT2D eigenvalue weighted by atomic mass is 35.5. The lowest BCUT2D eigenvalue weighted by atomic mass is 9.98. The van der Waals surface area contributed by atoms with Gasteiger partial charge in [-0.2, -0.15) is 0 Å². The van der Waals surface area contributed by atoms with Gasteiger partial charge in [-0.05, 0) is 43.5 Å². The summed E-state index contributed by atoms with van der Waals surface area (Å²) in [5, 5.41) is 0.788. The highest BCUT2D eigenvalue weighted by Crippen LogP contribution is 2.33. The summed E-state index contributed by atoms with van der Waals surface area (Å²) in [7, 11) is 0. The number of amides is 1. The largest absolute Gasteiger partial charge is 0.465 e. The third-order valence-electron chi connectivity index (χ3n) is 5.15. The van der Waals surface area contributed by atoms with Crippen LogP contribution in [0.1, 0.15) is 41.9 Å². The van der Waals surface area contributed by atoms with E-state index in [9.17, 15) is 4.79 Å². The van der Waals surface area contributed by atoms with Gasteiger partial charge in [0, 0.05) is 24.0 Å². The van der Waals surface area contributed by atoms with Gasteiger partial charge in [0.1, 0.15) is 17.6 Å². The summed E-state index contributed by atoms with van der Waals surface area (Å²) in [5.41, 5.74) is 7.45. The van der Waals surface area contributed by atoms with E-state index in [0.717, 1.165) is 41.6 Å². The number of halogens is 1. The average Bonchev–Trinajstić information content (AvgIpc) is 3.35. The molecule has 1 amide bonds. The van der Waals surface area contributed by atoms with Crippen molar-refractivity contribution in [2.24, 2.45) is 0 Å². The summed E-state index contributed by atoms with van der Waals surface area (Å²) in [4.78, 5) is 14.8. The third kappa shape index (κ3) is 3.32. The van der Waals surface area contributed by atoms with Gasteiger partial charge >= 0.3 is 0 Å². The Balaban J connectivity index is 1.38. The SMILES string of the molecule is Cc1ccc(C2CC(C(=O)N3CCC(c4ccccc4Cl)C3)NN2)o1. The van der Waals surface area contributed by atoms with Gasteiger partial charge < -0.3 is 9.32 Å². The molecule has 0 spiro atoms. The zero-order valence-corrected chi connectivity index (χ0v) is 14.9. The van der Waals surface area contributed by atoms with Crippen LogP contribution < -0.4 is 10.9 Å². The zero-order valence-electron chi connectivity index (χ0n) is 14.2. The Morgan fingerprint density at radius 2 is 2.08 bits per heavy atom. The number of likely N-dealkylation sites (tertiary alicyclic amines) is 1. The molecule has 2 aliphatic rings. The van der Waals surface area contributed by atoms with Gasteiger partial charge in [-0.25, -0.2) is 10.9 Å². The van der Waals surface area contributed by atoms with Gasteiger partial charge in [0.05, 0.1) is 6.04 Å². The van der Waals surface area contributed by atoms with Crippen molar-refractivity contribution in [3.05, 3.63) is 58.5 Å². The number of hydrogen-bond donors (Lipinski definition) is 2. The Kier molecular flexibility index (Phi) is 4.54. The first-order valence-electron chi connectivity index (χ1n) is 8.72. The van der Waals surface area contributed by atoms with Crippen LogP contribution in [0.3, 0.4) is 0 Å². The zero-order chi connectivity index (χ0) is 17.4. The summed E-state index contributed by atoms with van der Waals surface area (Å²) >= 11 is 6.31. The summed E-state index contributed by atoms with van der Waals surface area (Å²) in [6.07, 6.45) is 1.65. The van der Waals surface area contributed by atoms with E-state index in [2.05, 4.69) is 16.9 Å². The normalized spacial score (nSPS) is 26.3. The molecule has 3 heterocycles. The number of aryl methyl sites for hydroxylation is 1. The van der Waals surface area contributed by atoms with Crippen molar-refractivity contribution in [2.45, 2.75) is 37.8 Å². The molecule has 6 heteroatoms. The molecule has 5 nitrogen and oxygen atoms in total. The van der Waals surface area contributed by atoms with E-state index >= 15 is 0 Å². The van der Waals surface area contributed by atoms with Crippen LogP contribution in [-0.2, 0) is 4.79 Å². The first-order valence-corrected chi connectivity index (χ1v) is 9.10. The highest BCUT2D eigenvalue weighted by Gasteiger charge is 2.37. The number of rotatable bonds is 3. The fourth-order valence-corrected chi connectivity index (χ4v) is 4.08. The lowest BCUT2D eigenvalue weighted by Crippen LogP contribution is -2.44. The molecule has 0 aliphatic carbocycles. The van der Waals surface area contributed by atoms with Gasteiger partial charge in [-0.15, -0.1) is 0 Å². The third-order valence-corrected chi connectivity index (χ3v) is 5.50. The molecule has 2 saturated heterocycles. The number of nitrogens with one attached hydrogen (secondary N) is 2. The van der Waals surface area contributed by atoms with Crippen LogP contribution in [0.4, 0.5) is 0 Å². The van der Waals surface area contributed by atoms with Crippen LogP contribution >= 0.6 is 11.6 Å². The molecular formula is C19H22ClN3O2. The van der Waals surface area contributed by atoms with E-state index in [0.29, 0.717) is 12.3 Å². The van der Waals surface area contributed by atoms with E-state index in [1.807, 2.05) is 42.2 Å². The first-order chi connectivity index (χ1) is 12.1. The molecule has 3 unspecified atom stereocenters. The molecule has 2 aromatic rings. The lowest BCUT2D eigenvalue weighted by Gasteiger charge is -2.20. The van der Waals surface area contributed by atoms with Crippen molar-refractivity contribution in [1.29, 1.82) is 0 Å². The first kappa shape index (κ1) is 16.6. The van der Waals surface area contributed by atoms with Crippen molar-refractivity contribution in [3.8, 4) is 0 Å². The monoisotopic (exact) mass is 359 g/mol. The molecule has 0 radical (unpaired) electrons. The van der Waals surface area contributed by atoms with Gasteiger partial charge in [-0.1, -0.05) is 29.8 Å². The Hall–Kier alpha value is -1.82. The Labute approximate surface area is 152 Å². The summed E-state index contributed by atoms with van der Waals surface area (Å²) < 4.78 is 5.67. The fraction of sp³-hybridized carbons (Fsp3) is 0.421. The van der Waals surface area contributed by atoms with E-state index < -0.39 is 0 Å². The second-order valence-electron chi connectivity index (χ2n) is 6.87. The van der Waals surface area contributed by atoms with Crippen molar-refractivity contribution >= 4 is 17.5 Å². The van der Waals surface area contributed by atoms with Crippen LogP contribution in [0.25, 0.3) is 0 Å². The number of carbonyl (C=O) groups is 1. The van der Waals surface area contributed by atoms with E-state index in [4.69, 9.17) is 16.0 Å². The van der Waals surface area contributed by atoms with Gasteiger partial charge in [0.15, 0.2) is 0 Å². The molecule has 1 aromatic carbocycles. The standard InChI is InChI=1S/C19H22ClN3O2/c1-12-6-7-18(25-12)16-10-17(22-21-16)19(24)23-9-8-13(11-23)14-4-2-3-5-15(14)20/h2-7,13,16-17,21-22H,8-11H2,1H3. The van der Waals surface area contributed by atoms with Crippen molar-refractivity contribution in [3.63, 3.8) is 0 Å². The van der Waals surface area contributed by atoms with E-state index in [-0.39, 0.29) is 18.0 Å². The number of carbonyl (C=O) groups excluding carboxylic acids is 1. The molecule has 2 fully saturated rings. The second kappa shape index (κ2) is 6.83. The van der Waals surface area contributed by atoms with Crippen molar-refractivity contribution < 1.29 is 9.21 Å². The van der Waals surface area contributed by atoms with Gasteiger partial charge in [-0.3, -0.25) is 4.79 Å². The maximum absolute atomic E-state index is 12.9. The fourth-order valence-electron chi connectivity index (χ4n) is 3.79. The van der Waals surface area contributed by atoms with Gasteiger partial charge in [0.25, 0.3) is 0 Å². The maximum atomic E-state index is 12.9. The molecule has 0 bridgehead atoms. The summed E-state index contributed by atoms with van der Waals surface area (Å²) in [5.74, 6) is 2.22. The number of hydrazine groups is 1. The number of benzene rings is 1. The maximum Gasteiger partial charge on any atom is 0.241 e. The minimum atomic E-state index is -0.222. The van der Waals surface area contributed by atoms with Crippen LogP contribution in [0.5, 0.6) is 0 Å². The Morgan fingerprint density at radius 3 is 2.84 bits per heavy atom. The molecular weight excluding hydrogens is 338 g/mol. The van der Waals surface area contributed by atoms with Crippen LogP contribution in [0.2, 0.25) is 5.02 Å². The molecule has 25 heavy (non-hydrogen) atoms. The molecule has 4 rings (SSSR count). The number of hydrogen-bond acceptors (Lipinski definition) is 4. The topological polar surface area (TPSA) is 57.5 Å². The van der Waals surface area contributed by atoms with Crippen LogP contribution in [0.15, 0.2) is 40.8 Å². The average molecular weight is 360 g/mol. The minimum Gasteiger partial charge on any atom is -0.465 e. The molecule has 2 N–H and O–H groups in total. The van der Waals surface area contributed by atoms with E-state index in [1.165, 1.54) is 0 Å². The highest BCUT2D eigenvalue weighted by molar-refractivity contribution is 6.31. The summed E-state index contributed by atoms with van der Waals surface area (Å²) in [6.45, 7) is 3.43. The van der Waals surface area contributed by atoms with Gasteiger partial charge in [0.2, 0.25) is 5.91 Å². The number of nitrogens with zero attached hydrogens (tertiary/aromatic N) is 1. The van der Waals surface area contributed by atoms with Crippen molar-refractivity contribution in [1.82, 2.24) is 15.8 Å². The van der Waals surface area contributed by atoms with Crippen LogP contribution in [0, 0.1) is 6.92 Å². The summed E-state index contributed by atoms with van der Waals surface area (Å²) in [6, 6.07) is 11.6. The minimum absolute atomic E-state index is 0.0321. The molecule has 1 aromatic heterocycles. The quantitative estimate of drug-likeness (QED) is 0.883. The Bertz CT molecular complexity index is 776. The smallest absolute Gasteiger partial charge is 0.241 e. The number of furan rings is 1. The van der Waals surface area contributed by atoms with E-state index in [1.54, 1.807) is 0 Å². The lowest BCUT2D eigenvalue weighted by molar-refractivity contribution is -0.132. The predicted octanol–water partition coefficient (Wildman–Crippen LogP) is 3.17. The Morgan fingerprint density at radius 1 is 1.24 bits per heavy atom. The van der Waals surface area contributed by atoms with Crippen LogP contribution in [-0.4, -0.2) is 29.9 Å². The predicted molar refractivity (Wildman–Crippen MR) is 96.3 cm³/mol.